The third-order valence-corrected chi connectivity index (χ3v) is 3.97. The SMILES string of the molecule is O.O=[N+]([O-])c1cc2c(c([N+](=O)[O-])c1)N1[N]c3cc([N+](=O)[O-])cc([N+](=O)[O-])c3N1N2. The van der Waals surface area contributed by atoms with E-state index in [0.29, 0.717) is 0 Å². The Bertz CT molecular complexity index is 1030. The lowest BCUT2D eigenvalue weighted by atomic mass is 10.2. The third kappa shape index (κ3) is 2.61. The molecular weight excluding hydrogens is 400 g/mol. The first kappa shape index (κ1) is 19.0. The van der Waals surface area contributed by atoms with Crippen molar-refractivity contribution in [2.45, 2.75) is 0 Å². The van der Waals surface area contributed by atoms with Crippen molar-refractivity contribution in [2.75, 3.05) is 15.7 Å². The van der Waals surface area contributed by atoms with Crippen molar-refractivity contribution in [3.8, 4) is 0 Å². The van der Waals surface area contributed by atoms with Gasteiger partial charge >= 0.3 is 11.4 Å². The van der Waals surface area contributed by atoms with E-state index in [0.717, 1.165) is 34.5 Å². The standard InChI is InChI=1S/C12H5N8O8.H2O/c21-17(22)5-1-7-11(9(3-5)19(25)26)15-14-8-2-6(18(23)24)4-10(20(27)28)12(8)16(15)13-7;/h1-4,13H;1H2. The first-order chi connectivity index (χ1) is 13.2. The lowest BCUT2D eigenvalue weighted by molar-refractivity contribution is -0.393. The molecule has 0 unspecified atom stereocenters. The van der Waals surface area contributed by atoms with Crippen LogP contribution in [0.5, 0.6) is 0 Å². The Morgan fingerprint density at radius 2 is 1.28 bits per heavy atom. The Hall–Kier alpha value is -4.80. The molecule has 0 fully saturated rings. The van der Waals surface area contributed by atoms with Crippen molar-refractivity contribution in [1.82, 2.24) is 5.43 Å². The second kappa shape index (κ2) is 6.13. The molecule has 0 amide bonds. The zero-order valence-corrected chi connectivity index (χ0v) is 13.7. The molecule has 0 saturated carbocycles. The summed E-state index contributed by atoms with van der Waals surface area (Å²) in [6.45, 7) is 0. The van der Waals surface area contributed by atoms with Crippen molar-refractivity contribution in [3.63, 3.8) is 0 Å². The normalized spacial score (nSPS) is 12.7. The topological polar surface area (TPSA) is 237 Å². The molecule has 149 valence electrons. The molecule has 2 aromatic rings. The minimum Gasteiger partial charge on any atom is -0.412 e. The second-order valence-electron chi connectivity index (χ2n) is 5.54. The molecule has 0 bridgehead atoms. The number of nitro benzene ring substituents is 4. The fourth-order valence-electron chi connectivity index (χ4n) is 2.88. The van der Waals surface area contributed by atoms with E-state index < -0.39 is 42.4 Å². The molecular formula is C12H7N8O9. The van der Waals surface area contributed by atoms with Gasteiger partial charge in [-0.1, -0.05) is 0 Å². The Kier molecular flexibility index (Phi) is 4.01. The highest BCUT2D eigenvalue weighted by molar-refractivity contribution is 5.96. The maximum Gasteiger partial charge on any atom is 0.305 e. The van der Waals surface area contributed by atoms with Crippen LogP contribution in [0.25, 0.3) is 0 Å². The fourth-order valence-corrected chi connectivity index (χ4v) is 2.88. The predicted molar refractivity (Wildman–Crippen MR) is 93.5 cm³/mol. The van der Waals surface area contributed by atoms with E-state index in [2.05, 4.69) is 10.9 Å². The van der Waals surface area contributed by atoms with Crippen LogP contribution in [0.2, 0.25) is 0 Å². The molecule has 0 aromatic heterocycles. The van der Waals surface area contributed by atoms with Crippen LogP contribution in [0.3, 0.4) is 0 Å². The number of hydrogen-bond acceptors (Lipinski definition) is 11. The van der Waals surface area contributed by atoms with E-state index in [-0.39, 0.29) is 28.2 Å². The van der Waals surface area contributed by atoms with Gasteiger partial charge in [0.15, 0.2) is 11.4 Å². The van der Waals surface area contributed by atoms with Crippen molar-refractivity contribution >= 4 is 45.5 Å². The maximum absolute atomic E-state index is 11.4. The Morgan fingerprint density at radius 1 is 0.759 bits per heavy atom. The lowest BCUT2D eigenvalue weighted by Crippen LogP contribution is -2.39. The van der Waals surface area contributed by atoms with Crippen LogP contribution in [0, 0.1) is 40.5 Å². The lowest BCUT2D eigenvalue weighted by Gasteiger charge is -2.19. The summed E-state index contributed by atoms with van der Waals surface area (Å²) in [6.07, 6.45) is 0. The number of hydrogen-bond donors (Lipinski definition) is 1. The van der Waals surface area contributed by atoms with Crippen LogP contribution in [0.15, 0.2) is 24.3 Å². The van der Waals surface area contributed by atoms with Crippen LogP contribution >= 0.6 is 0 Å². The summed E-state index contributed by atoms with van der Waals surface area (Å²) in [5, 5.41) is 46.6. The largest absolute Gasteiger partial charge is 0.412 e. The Balaban J connectivity index is 0.00000240. The summed E-state index contributed by atoms with van der Waals surface area (Å²) in [4.78, 5) is 41.4. The number of rotatable bonds is 4. The molecule has 4 rings (SSSR count). The van der Waals surface area contributed by atoms with Gasteiger partial charge in [-0.3, -0.25) is 45.9 Å². The van der Waals surface area contributed by atoms with Gasteiger partial charge in [-0.2, -0.15) is 5.12 Å². The molecule has 2 aromatic carbocycles. The number of nitro groups is 4. The molecule has 0 atom stereocenters. The van der Waals surface area contributed by atoms with E-state index in [1.807, 2.05) is 0 Å². The highest BCUT2D eigenvalue weighted by Gasteiger charge is 2.47. The van der Waals surface area contributed by atoms with E-state index in [1.165, 1.54) is 0 Å². The molecule has 2 aliphatic rings. The zero-order valence-electron chi connectivity index (χ0n) is 13.7. The van der Waals surface area contributed by atoms with Gasteiger partial charge in [0.25, 0.3) is 11.4 Å². The first-order valence-corrected chi connectivity index (χ1v) is 7.21. The number of nitrogens with zero attached hydrogens (tertiary/aromatic N) is 7. The molecule has 0 saturated heterocycles. The summed E-state index contributed by atoms with van der Waals surface area (Å²) in [5.74, 6) is 0. The minimum absolute atomic E-state index is 0. The van der Waals surface area contributed by atoms with Gasteiger partial charge in [-0.25, -0.2) is 0 Å². The minimum atomic E-state index is -0.869. The van der Waals surface area contributed by atoms with Gasteiger partial charge in [0.05, 0.1) is 37.5 Å². The summed E-state index contributed by atoms with van der Waals surface area (Å²) < 4.78 is 0. The van der Waals surface area contributed by atoms with Crippen LogP contribution in [0.1, 0.15) is 0 Å². The molecule has 3 N–H and O–H groups in total. The number of fused-ring (bicyclic) bond motifs is 5. The van der Waals surface area contributed by atoms with Crippen LogP contribution < -0.4 is 21.1 Å². The second-order valence-corrected chi connectivity index (χ2v) is 5.54. The van der Waals surface area contributed by atoms with E-state index in [9.17, 15) is 40.5 Å². The summed E-state index contributed by atoms with van der Waals surface area (Å²) in [6, 6.07) is 3.42. The fraction of sp³-hybridized carbons (Fsp3) is 0. The highest BCUT2D eigenvalue weighted by Crippen LogP contribution is 2.53. The number of hydrazine groups is 2. The zero-order chi connectivity index (χ0) is 20.3. The first-order valence-electron chi connectivity index (χ1n) is 7.21. The van der Waals surface area contributed by atoms with Gasteiger partial charge in [0, 0.05) is 12.1 Å². The van der Waals surface area contributed by atoms with E-state index in [1.54, 1.807) is 0 Å². The molecule has 17 heteroatoms. The van der Waals surface area contributed by atoms with Gasteiger partial charge in [0.1, 0.15) is 5.69 Å². The number of nitrogens with one attached hydrogen (secondary N) is 1. The molecule has 0 spiro atoms. The monoisotopic (exact) mass is 407 g/mol. The van der Waals surface area contributed by atoms with Crippen LogP contribution in [-0.2, 0) is 0 Å². The van der Waals surface area contributed by atoms with Crippen molar-refractivity contribution in [2.24, 2.45) is 0 Å². The molecule has 2 heterocycles. The third-order valence-electron chi connectivity index (χ3n) is 3.97. The van der Waals surface area contributed by atoms with E-state index >= 15 is 0 Å². The average Bonchev–Trinajstić information content (AvgIpc) is 3.14. The van der Waals surface area contributed by atoms with Gasteiger partial charge < -0.3 is 5.48 Å². The molecule has 2 aliphatic heterocycles. The van der Waals surface area contributed by atoms with Crippen molar-refractivity contribution in [3.05, 3.63) is 64.7 Å². The molecule has 29 heavy (non-hydrogen) atoms. The summed E-state index contributed by atoms with van der Waals surface area (Å²) >= 11 is 0. The molecule has 0 aliphatic carbocycles. The van der Waals surface area contributed by atoms with Gasteiger partial charge in [-0.05, 0) is 0 Å². The highest BCUT2D eigenvalue weighted by atomic mass is 16.6. The number of benzene rings is 2. The quantitative estimate of drug-likeness (QED) is 0.558. The molecule has 1 radical (unpaired) electrons. The van der Waals surface area contributed by atoms with Gasteiger partial charge in [-0.15, -0.1) is 10.5 Å². The maximum atomic E-state index is 11.4. The molecule has 17 nitrogen and oxygen atoms in total. The van der Waals surface area contributed by atoms with E-state index in [4.69, 9.17) is 0 Å². The van der Waals surface area contributed by atoms with Crippen LogP contribution in [-0.4, -0.2) is 25.2 Å². The summed E-state index contributed by atoms with van der Waals surface area (Å²) in [7, 11) is 0. The van der Waals surface area contributed by atoms with Crippen molar-refractivity contribution < 1.29 is 25.2 Å². The Labute approximate surface area is 157 Å². The number of anilines is 3. The average molecular weight is 407 g/mol. The smallest absolute Gasteiger partial charge is 0.305 e. The summed E-state index contributed by atoms with van der Waals surface area (Å²) in [5.41, 5.74) is 3.37. The van der Waals surface area contributed by atoms with Crippen molar-refractivity contribution in [1.29, 1.82) is 0 Å². The number of non-ortho nitro benzene ring substituents is 2. The Morgan fingerprint density at radius 3 is 1.79 bits per heavy atom. The predicted octanol–water partition coefficient (Wildman–Crippen LogP) is 1.23. The van der Waals surface area contributed by atoms with Gasteiger partial charge in [0.2, 0.25) is 0 Å². The van der Waals surface area contributed by atoms with Crippen LogP contribution in [0.4, 0.5) is 45.5 Å².